The fourth-order valence-corrected chi connectivity index (χ4v) is 4.40. The van der Waals surface area contributed by atoms with E-state index >= 15 is 0 Å². The van der Waals surface area contributed by atoms with Gasteiger partial charge in [-0.25, -0.2) is 8.78 Å². The van der Waals surface area contributed by atoms with Crippen molar-refractivity contribution in [3.63, 3.8) is 0 Å². The van der Waals surface area contributed by atoms with E-state index in [0.29, 0.717) is 5.92 Å². The zero-order chi connectivity index (χ0) is 20.2. The number of nitrogens with zero attached hydrogens (tertiary/aromatic N) is 1. The van der Waals surface area contributed by atoms with Crippen LogP contribution in [0.3, 0.4) is 0 Å². The van der Waals surface area contributed by atoms with Crippen LogP contribution in [0.4, 0.5) is 14.5 Å². The minimum atomic E-state index is -0.666. The quantitative estimate of drug-likeness (QED) is 0.297. The molecule has 0 aliphatic heterocycles. The van der Waals surface area contributed by atoms with Gasteiger partial charge in [-0.05, 0) is 85.8 Å². The molecule has 2 aliphatic carbocycles. The summed E-state index contributed by atoms with van der Waals surface area (Å²) in [6.07, 6.45) is 9.56. The molecule has 0 atom stereocenters. The molecular formula is C25H23F2NS. The van der Waals surface area contributed by atoms with Crippen molar-refractivity contribution in [3.8, 4) is 11.8 Å². The first kappa shape index (κ1) is 20.0. The van der Waals surface area contributed by atoms with Gasteiger partial charge in [-0.3, -0.25) is 0 Å². The monoisotopic (exact) mass is 407 g/mol. The van der Waals surface area contributed by atoms with Gasteiger partial charge in [0.2, 0.25) is 0 Å². The standard InChI is InChI=1S/C25H23F2NS/c26-23-15-25(28-16-29)24(27)14-22(23)12-5-17-3-8-20(9-4-17)21-10-6-19(7-11-21)13-18-1-2-18/h3-4,8-9,14-15,18-19,21H,1-2,6-7,10-11,13H2. The average Bonchev–Trinajstić information content (AvgIpc) is 3.55. The van der Waals surface area contributed by atoms with Gasteiger partial charge in [-0.2, -0.15) is 4.99 Å². The van der Waals surface area contributed by atoms with Crippen molar-refractivity contribution in [2.75, 3.05) is 0 Å². The maximum Gasteiger partial charge on any atom is 0.151 e. The Morgan fingerprint density at radius 1 is 0.862 bits per heavy atom. The summed E-state index contributed by atoms with van der Waals surface area (Å²) in [4.78, 5) is 3.50. The molecule has 0 amide bonds. The summed E-state index contributed by atoms with van der Waals surface area (Å²) in [6.45, 7) is 0. The molecule has 0 heterocycles. The predicted octanol–water partition coefficient (Wildman–Crippen LogP) is 7.17. The Balaban J connectivity index is 1.40. The molecule has 0 radical (unpaired) electrons. The Hall–Kier alpha value is -2.34. The average molecular weight is 408 g/mol. The first-order valence-electron chi connectivity index (χ1n) is 10.3. The summed E-state index contributed by atoms with van der Waals surface area (Å²) < 4.78 is 28.0. The molecule has 0 bridgehead atoms. The Labute approximate surface area is 176 Å². The Morgan fingerprint density at radius 3 is 2.14 bits per heavy atom. The van der Waals surface area contributed by atoms with Gasteiger partial charge in [-0.15, -0.1) is 0 Å². The maximum absolute atomic E-state index is 14.1. The van der Waals surface area contributed by atoms with E-state index in [2.05, 4.69) is 41.2 Å². The second-order valence-corrected chi connectivity index (χ2v) is 8.44. The van der Waals surface area contributed by atoms with E-state index < -0.39 is 11.6 Å². The molecule has 2 aromatic rings. The van der Waals surface area contributed by atoms with Crippen molar-refractivity contribution in [2.45, 2.75) is 50.9 Å². The zero-order valence-corrected chi connectivity index (χ0v) is 17.1. The van der Waals surface area contributed by atoms with E-state index in [1.54, 1.807) is 0 Å². The molecule has 4 rings (SSSR count). The highest BCUT2D eigenvalue weighted by molar-refractivity contribution is 7.78. The predicted molar refractivity (Wildman–Crippen MR) is 116 cm³/mol. The molecule has 0 spiro atoms. The van der Waals surface area contributed by atoms with E-state index in [-0.39, 0.29) is 11.3 Å². The van der Waals surface area contributed by atoms with Gasteiger partial charge < -0.3 is 0 Å². The van der Waals surface area contributed by atoms with Crippen molar-refractivity contribution >= 4 is 23.1 Å². The highest BCUT2D eigenvalue weighted by Gasteiger charge is 2.28. The highest BCUT2D eigenvalue weighted by atomic mass is 32.1. The molecule has 2 aliphatic rings. The van der Waals surface area contributed by atoms with Crippen LogP contribution in [0.2, 0.25) is 0 Å². The van der Waals surface area contributed by atoms with Crippen LogP contribution in [0.25, 0.3) is 0 Å². The first-order chi connectivity index (χ1) is 14.1. The summed E-state index contributed by atoms with van der Waals surface area (Å²) in [7, 11) is 0. The third-order valence-corrected chi connectivity index (χ3v) is 6.23. The smallest absolute Gasteiger partial charge is 0.151 e. The molecule has 4 heteroatoms. The van der Waals surface area contributed by atoms with E-state index in [0.717, 1.165) is 29.5 Å². The Morgan fingerprint density at radius 2 is 1.52 bits per heavy atom. The van der Waals surface area contributed by atoms with Crippen LogP contribution in [0.15, 0.2) is 41.4 Å². The molecule has 2 saturated carbocycles. The molecule has 0 unspecified atom stereocenters. The van der Waals surface area contributed by atoms with Gasteiger partial charge in [0.05, 0.1) is 10.7 Å². The van der Waals surface area contributed by atoms with E-state index in [4.69, 9.17) is 0 Å². The van der Waals surface area contributed by atoms with Gasteiger partial charge in [0.25, 0.3) is 0 Å². The molecule has 2 aromatic carbocycles. The number of aliphatic imine (C=N–C) groups is 1. The van der Waals surface area contributed by atoms with Crippen molar-refractivity contribution in [1.29, 1.82) is 0 Å². The van der Waals surface area contributed by atoms with Gasteiger partial charge >= 0.3 is 0 Å². The van der Waals surface area contributed by atoms with Crippen molar-refractivity contribution < 1.29 is 8.78 Å². The van der Waals surface area contributed by atoms with Gasteiger partial charge in [0.15, 0.2) is 5.82 Å². The first-order valence-corrected chi connectivity index (χ1v) is 10.7. The van der Waals surface area contributed by atoms with Crippen LogP contribution in [0.1, 0.15) is 67.6 Å². The number of isothiocyanates is 1. The van der Waals surface area contributed by atoms with Crippen LogP contribution in [0, 0.1) is 35.3 Å². The number of hydrogen-bond acceptors (Lipinski definition) is 2. The van der Waals surface area contributed by atoms with Crippen LogP contribution >= 0.6 is 12.2 Å². The molecular weight excluding hydrogens is 384 g/mol. The Bertz CT molecular complexity index is 984. The van der Waals surface area contributed by atoms with Crippen molar-refractivity contribution in [2.24, 2.45) is 16.8 Å². The summed E-state index contributed by atoms with van der Waals surface area (Å²) in [6, 6.07) is 10.2. The second kappa shape index (κ2) is 8.99. The number of halogens is 2. The van der Waals surface area contributed by atoms with E-state index in [9.17, 15) is 8.78 Å². The summed E-state index contributed by atoms with van der Waals surface area (Å²) in [5.74, 6) is 6.94. The number of benzene rings is 2. The summed E-state index contributed by atoms with van der Waals surface area (Å²) in [5, 5.41) is 2.04. The van der Waals surface area contributed by atoms with Crippen LogP contribution in [-0.4, -0.2) is 5.16 Å². The van der Waals surface area contributed by atoms with Crippen molar-refractivity contribution in [3.05, 3.63) is 64.7 Å². The lowest BCUT2D eigenvalue weighted by Gasteiger charge is -2.28. The summed E-state index contributed by atoms with van der Waals surface area (Å²) in [5.41, 5.74) is 1.99. The Kier molecular flexibility index (Phi) is 6.19. The normalized spacial score (nSPS) is 21.0. The topological polar surface area (TPSA) is 12.4 Å². The minimum absolute atomic E-state index is 0.00359. The van der Waals surface area contributed by atoms with Gasteiger partial charge in [-0.1, -0.05) is 36.8 Å². The minimum Gasteiger partial charge on any atom is -0.206 e. The number of thiocarbonyl (C=S) groups is 1. The van der Waals surface area contributed by atoms with Crippen molar-refractivity contribution in [1.82, 2.24) is 0 Å². The van der Waals surface area contributed by atoms with Crippen LogP contribution < -0.4 is 0 Å². The summed E-state index contributed by atoms with van der Waals surface area (Å²) >= 11 is 4.43. The van der Waals surface area contributed by atoms with Crippen LogP contribution in [-0.2, 0) is 0 Å². The van der Waals surface area contributed by atoms with E-state index in [1.807, 2.05) is 17.3 Å². The number of rotatable bonds is 4. The third-order valence-electron chi connectivity index (χ3n) is 6.14. The lowest BCUT2D eigenvalue weighted by Crippen LogP contribution is -2.13. The molecule has 148 valence electrons. The SMILES string of the molecule is Fc1cc(N=C=S)c(F)cc1C#Cc1ccc(C2CCC(CC3CC3)CC2)cc1. The fourth-order valence-electron chi connectivity index (χ4n) is 4.30. The number of hydrogen-bond donors (Lipinski definition) is 0. The van der Waals surface area contributed by atoms with Crippen LogP contribution in [0.5, 0.6) is 0 Å². The van der Waals surface area contributed by atoms with Gasteiger partial charge in [0.1, 0.15) is 11.5 Å². The fraction of sp³-hybridized carbons (Fsp3) is 0.400. The van der Waals surface area contributed by atoms with Gasteiger partial charge in [0, 0.05) is 11.6 Å². The molecule has 29 heavy (non-hydrogen) atoms. The molecule has 1 nitrogen and oxygen atoms in total. The molecule has 2 fully saturated rings. The molecule has 0 N–H and O–H groups in total. The molecule has 0 saturated heterocycles. The zero-order valence-electron chi connectivity index (χ0n) is 16.3. The second-order valence-electron chi connectivity index (χ2n) is 8.26. The maximum atomic E-state index is 14.1. The third kappa shape index (κ3) is 5.18. The lowest BCUT2D eigenvalue weighted by atomic mass is 9.77. The molecule has 0 aromatic heterocycles. The van der Waals surface area contributed by atoms with E-state index in [1.165, 1.54) is 50.5 Å². The highest BCUT2D eigenvalue weighted by Crippen LogP contribution is 2.43. The lowest BCUT2D eigenvalue weighted by molar-refractivity contribution is 0.299. The largest absolute Gasteiger partial charge is 0.206 e.